The summed E-state index contributed by atoms with van der Waals surface area (Å²) in [5, 5.41) is 0. The second kappa shape index (κ2) is 4.81. The van der Waals surface area contributed by atoms with Crippen LogP contribution >= 0.6 is 0 Å². The van der Waals surface area contributed by atoms with Crippen molar-refractivity contribution in [2.45, 2.75) is 86.5 Å². The number of carbonyl (C=O) groups excluding carboxylic acids is 1. The number of carbonyl (C=O) groups is 1. The fraction of sp³-hybridized carbons (Fsp3) is 0.941. The molecule has 1 saturated heterocycles. The molecule has 1 aliphatic heterocycles. The summed E-state index contributed by atoms with van der Waals surface area (Å²) < 4.78 is 6.09. The van der Waals surface area contributed by atoms with Gasteiger partial charge in [0.05, 0.1) is 6.61 Å². The maximum absolute atomic E-state index is 13.0. The molecule has 0 aliphatic carbocycles. The van der Waals surface area contributed by atoms with E-state index < -0.39 is 5.54 Å². The predicted octanol–water partition coefficient (Wildman–Crippen LogP) is 3.86. The summed E-state index contributed by atoms with van der Waals surface area (Å²) in [5.41, 5.74) is -1.07. The van der Waals surface area contributed by atoms with Crippen LogP contribution in [-0.4, -0.2) is 34.6 Å². The van der Waals surface area contributed by atoms with E-state index in [1.807, 2.05) is 27.7 Å². The molecule has 0 saturated carbocycles. The Bertz CT molecular complexity index is 381. The van der Waals surface area contributed by atoms with E-state index in [0.29, 0.717) is 6.61 Å². The standard InChI is InChI=1S/C17H33NO2/c1-14(2,3)12(19)17(10)11-20-13(15(4,5)6)18(17)16(7,8)9/h13H,11H2,1-10H3/t13-,17+/m1/s1. The van der Waals surface area contributed by atoms with Crippen LogP contribution in [0.25, 0.3) is 0 Å². The smallest absolute Gasteiger partial charge is 0.160 e. The lowest BCUT2D eigenvalue weighted by molar-refractivity contribution is -0.144. The minimum atomic E-state index is -0.561. The minimum Gasteiger partial charge on any atom is -0.360 e. The molecule has 20 heavy (non-hydrogen) atoms. The highest BCUT2D eigenvalue weighted by molar-refractivity contribution is 5.93. The molecular weight excluding hydrogens is 250 g/mol. The fourth-order valence-corrected chi connectivity index (χ4v) is 3.36. The number of hydrogen-bond donors (Lipinski definition) is 0. The first-order valence-corrected chi connectivity index (χ1v) is 7.58. The first-order valence-electron chi connectivity index (χ1n) is 7.58. The van der Waals surface area contributed by atoms with E-state index in [1.54, 1.807) is 0 Å². The van der Waals surface area contributed by atoms with Crippen molar-refractivity contribution in [2.24, 2.45) is 10.8 Å². The first-order chi connectivity index (χ1) is 8.62. The molecule has 3 heteroatoms. The van der Waals surface area contributed by atoms with Gasteiger partial charge in [-0.15, -0.1) is 0 Å². The van der Waals surface area contributed by atoms with Crippen LogP contribution in [0.4, 0.5) is 0 Å². The molecule has 0 amide bonds. The monoisotopic (exact) mass is 283 g/mol. The van der Waals surface area contributed by atoms with Crippen molar-refractivity contribution in [3.8, 4) is 0 Å². The normalized spacial score (nSPS) is 29.8. The third-order valence-electron chi connectivity index (χ3n) is 3.92. The summed E-state index contributed by atoms with van der Waals surface area (Å²) in [7, 11) is 0. The molecule has 1 fully saturated rings. The van der Waals surface area contributed by atoms with Crippen LogP contribution in [0.5, 0.6) is 0 Å². The van der Waals surface area contributed by atoms with Gasteiger partial charge in [-0.1, -0.05) is 41.5 Å². The molecule has 0 N–H and O–H groups in total. The summed E-state index contributed by atoms with van der Waals surface area (Å²) in [6.07, 6.45) is -0.0428. The second-order valence-electron chi connectivity index (χ2n) is 9.42. The second-order valence-corrected chi connectivity index (χ2v) is 9.42. The average Bonchev–Trinajstić information content (AvgIpc) is 2.53. The zero-order valence-corrected chi connectivity index (χ0v) is 15.0. The maximum Gasteiger partial charge on any atom is 0.160 e. The Morgan fingerprint density at radius 1 is 1.05 bits per heavy atom. The highest BCUT2D eigenvalue weighted by atomic mass is 16.5. The summed E-state index contributed by atoms with van der Waals surface area (Å²) in [6.45, 7) is 21.5. The Kier molecular flexibility index (Phi) is 4.24. The van der Waals surface area contributed by atoms with Crippen LogP contribution in [0, 0.1) is 10.8 Å². The van der Waals surface area contributed by atoms with Gasteiger partial charge >= 0.3 is 0 Å². The quantitative estimate of drug-likeness (QED) is 0.732. The van der Waals surface area contributed by atoms with Gasteiger partial charge in [-0.3, -0.25) is 9.69 Å². The molecule has 0 aromatic heterocycles. The molecule has 1 aliphatic rings. The Hall–Kier alpha value is -0.410. The van der Waals surface area contributed by atoms with Gasteiger partial charge < -0.3 is 4.74 Å². The SMILES string of the molecule is CC(C)(C)C(=O)[C@]1(C)CO[C@H](C(C)(C)C)N1C(C)(C)C. The van der Waals surface area contributed by atoms with Crippen molar-refractivity contribution in [3.63, 3.8) is 0 Å². The molecule has 0 spiro atoms. The van der Waals surface area contributed by atoms with E-state index in [4.69, 9.17) is 4.74 Å². The Balaban J connectivity index is 3.31. The van der Waals surface area contributed by atoms with Gasteiger partial charge in [0, 0.05) is 16.4 Å². The van der Waals surface area contributed by atoms with Gasteiger partial charge in [-0.2, -0.15) is 0 Å². The lowest BCUT2D eigenvalue weighted by Gasteiger charge is -2.49. The van der Waals surface area contributed by atoms with Crippen molar-refractivity contribution in [3.05, 3.63) is 0 Å². The van der Waals surface area contributed by atoms with Crippen molar-refractivity contribution >= 4 is 5.78 Å². The van der Waals surface area contributed by atoms with Gasteiger partial charge in [-0.25, -0.2) is 0 Å². The predicted molar refractivity (Wildman–Crippen MR) is 83.7 cm³/mol. The molecule has 1 heterocycles. The van der Waals surface area contributed by atoms with Gasteiger partial charge in [0.2, 0.25) is 0 Å². The summed E-state index contributed by atoms with van der Waals surface area (Å²) in [6, 6.07) is 0. The van der Waals surface area contributed by atoms with Crippen LogP contribution in [-0.2, 0) is 9.53 Å². The molecule has 0 bridgehead atoms. The van der Waals surface area contributed by atoms with Crippen LogP contribution in [0.2, 0.25) is 0 Å². The molecule has 3 nitrogen and oxygen atoms in total. The van der Waals surface area contributed by atoms with Gasteiger partial charge in [0.25, 0.3) is 0 Å². The number of nitrogens with zero attached hydrogens (tertiary/aromatic N) is 1. The molecule has 2 atom stereocenters. The van der Waals surface area contributed by atoms with E-state index in [2.05, 4.69) is 46.4 Å². The lowest BCUT2D eigenvalue weighted by Crippen LogP contribution is -2.63. The Morgan fingerprint density at radius 2 is 1.50 bits per heavy atom. The fourth-order valence-electron chi connectivity index (χ4n) is 3.36. The largest absolute Gasteiger partial charge is 0.360 e. The minimum absolute atomic E-state index is 0.0246. The molecule has 0 aromatic rings. The molecule has 0 aromatic carbocycles. The molecule has 118 valence electrons. The van der Waals surface area contributed by atoms with Crippen LogP contribution in [0.15, 0.2) is 0 Å². The lowest BCUT2D eigenvalue weighted by atomic mass is 9.76. The van der Waals surface area contributed by atoms with Crippen molar-refractivity contribution in [2.75, 3.05) is 6.61 Å². The van der Waals surface area contributed by atoms with Crippen LogP contribution in [0.1, 0.15) is 69.2 Å². The maximum atomic E-state index is 13.0. The highest BCUT2D eigenvalue weighted by Gasteiger charge is 2.57. The third kappa shape index (κ3) is 3.09. The van der Waals surface area contributed by atoms with Crippen molar-refractivity contribution < 1.29 is 9.53 Å². The summed E-state index contributed by atoms with van der Waals surface area (Å²) in [4.78, 5) is 15.3. The number of ether oxygens (including phenoxy) is 1. The van der Waals surface area contributed by atoms with Crippen LogP contribution < -0.4 is 0 Å². The number of rotatable bonds is 1. The highest BCUT2D eigenvalue weighted by Crippen LogP contribution is 2.44. The average molecular weight is 283 g/mol. The van der Waals surface area contributed by atoms with E-state index in [9.17, 15) is 4.79 Å². The van der Waals surface area contributed by atoms with Crippen LogP contribution in [0.3, 0.4) is 0 Å². The molecular formula is C17H33NO2. The molecule has 0 radical (unpaired) electrons. The van der Waals surface area contributed by atoms with E-state index in [1.165, 1.54) is 0 Å². The third-order valence-corrected chi connectivity index (χ3v) is 3.92. The van der Waals surface area contributed by atoms with E-state index in [0.717, 1.165) is 0 Å². The topological polar surface area (TPSA) is 29.5 Å². The zero-order chi connectivity index (χ0) is 16.1. The molecule has 0 unspecified atom stereocenters. The van der Waals surface area contributed by atoms with Crippen molar-refractivity contribution in [1.29, 1.82) is 0 Å². The van der Waals surface area contributed by atoms with Gasteiger partial charge in [0.1, 0.15) is 11.8 Å². The Labute approximate surface area is 125 Å². The van der Waals surface area contributed by atoms with E-state index >= 15 is 0 Å². The van der Waals surface area contributed by atoms with E-state index in [-0.39, 0.29) is 28.4 Å². The van der Waals surface area contributed by atoms with Gasteiger partial charge in [-0.05, 0) is 27.7 Å². The summed E-state index contributed by atoms with van der Waals surface area (Å²) >= 11 is 0. The van der Waals surface area contributed by atoms with Gasteiger partial charge in [0.15, 0.2) is 5.78 Å². The molecule has 1 rings (SSSR count). The number of hydrogen-bond acceptors (Lipinski definition) is 3. The first kappa shape index (κ1) is 17.6. The zero-order valence-electron chi connectivity index (χ0n) is 15.0. The number of ketones is 1. The van der Waals surface area contributed by atoms with Crippen molar-refractivity contribution in [1.82, 2.24) is 4.90 Å². The number of Topliss-reactive ketones (excluding diaryl/α,β-unsaturated/α-hetero) is 1. The summed E-state index contributed by atoms with van der Waals surface area (Å²) in [5.74, 6) is 0.256. The Morgan fingerprint density at radius 3 is 1.80 bits per heavy atom.